The summed E-state index contributed by atoms with van der Waals surface area (Å²) in [6.45, 7) is 12.9. The van der Waals surface area contributed by atoms with E-state index in [0.717, 1.165) is 5.92 Å². The minimum absolute atomic E-state index is 0.694. The molecule has 0 rings (SSSR count). The molecule has 0 atom stereocenters. The number of rotatable bonds is 10. The first-order chi connectivity index (χ1) is 7.57. The largest absolute Gasteiger partial charge is 0.320 e. The zero-order valence-electron chi connectivity index (χ0n) is 12.1. The Morgan fingerprint density at radius 1 is 0.938 bits per heavy atom. The summed E-state index contributed by atoms with van der Waals surface area (Å²) in [6.07, 6.45) is 5.43. The van der Waals surface area contributed by atoms with Gasteiger partial charge in [0.15, 0.2) is 0 Å². The van der Waals surface area contributed by atoms with Gasteiger partial charge < -0.3 is 10.2 Å². The maximum absolute atomic E-state index is 3.20. The fraction of sp³-hybridized carbons (Fsp3) is 1.00. The van der Waals surface area contributed by atoms with E-state index in [-0.39, 0.29) is 0 Å². The molecular weight excluding hydrogens is 196 g/mol. The van der Waals surface area contributed by atoms with Crippen LogP contribution < -0.4 is 5.32 Å². The van der Waals surface area contributed by atoms with Crippen LogP contribution in [-0.2, 0) is 0 Å². The first-order valence-corrected chi connectivity index (χ1v) is 6.96. The molecule has 0 unspecified atom stereocenters. The topological polar surface area (TPSA) is 15.3 Å². The first-order valence-electron chi connectivity index (χ1n) is 6.96. The molecule has 0 aliphatic carbocycles. The molecule has 2 heteroatoms. The molecule has 0 aliphatic rings. The van der Waals surface area contributed by atoms with Crippen molar-refractivity contribution < 1.29 is 0 Å². The second kappa shape index (κ2) is 10.1. The Labute approximate surface area is 103 Å². The maximum atomic E-state index is 3.20. The minimum Gasteiger partial charge on any atom is -0.320 e. The molecule has 0 aliphatic heterocycles. The van der Waals surface area contributed by atoms with Gasteiger partial charge in [-0.2, -0.15) is 0 Å². The van der Waals surface area contributed by atoms with Crippen molar-refractivity contribution in [1.82, 2.24) is 10.2 Å². The lowest BCUT2D eigenvalue weighted by molar-refractivity contribution is 0.193. The molecule has 0 amide bonds. The van der Waals surface area contributed by atoms with Crippen LogP contribution in [0.5, 0.6) is 0 Å². The van der Waals surface area contributed by atoms with Gasteiger partial charge in [0.25, 0.3) is 0 Å². The highest BCUT2D eigenvalue weighted by Gasteiger charge is 2.10. The molecule has 0 aromatic heterocycles. The van der Waals surface area contributed by atoms with Gasteiger partial charge in [-0.05, 0) is 52.7 Å². The number of nitrogens with zero attached hydrogens (tertiary/aromatic N) is 1. The molecule has 98 valence electrons. The van der Waals surface area contributed by atoms with E-state index in [2.05, 4.69) is 37.9 Å². The minimum atomic E-state index is 0.694. The van der Waals surface area contributed by atoms with Crippen LogP contribution in [0.3, 0.4) is 0 Å². The number of nitrogens with one attached hydrogen (secondary N) is 1. The van der Waals surface area contributed by atoms with E-state index >= 15 is 0 Å². The van der Waals surface area contributed by atoms with Crippen molar-refractivity contribution in [2.45, 2.75) is 59.4 Å². The summed E-state index contributed by atoms with van der Waals surface area (Å²) in [5.74, 6) is 0.784. The summed E-state index contributed by atoms with van der Waals surface area (Å²) in [4.78, 5) is 2.61. The van der Waals surface area contributed by atoms with E-state index in [4.69, 9.17) is 0 Å². The van der Waals surface area contributed by atoms with Gasteiger partial charge in [0.1, 0.15) is 0 Å². The Hall–Kier alpha value is -0.0800. The monoisotopic (exact) mass is 228 g/mol. The third-order valence-electron chi connectivity index (χ3n) is 2.95. The van der Waals surface area contributed by atoms with Crippen LogP contribution in [0.1, 0.15) is 53.4 Å². The Morgan fingerprint density at radius 3 is 2.06 bits per heavy atom. The summed E-state index contributed by atoms with van der Waals surface area (Å²) in [7, 11) is 2.03. The van der Waals surface area contributed by atoms with Crippen LogP contribution in [-0.4, -0.2) is 37.6 Å². The molecule has 2 nitrogen and oxygen atoms in total. The van der Waals surface area contributed by atoms with E-state index in [1.165, 1.54) is 45.3 Å². The zero-order valence-corrected chi connectivity index (χ0v) is 12.1. The van der Waals surface area contributed by atoms with E-state index < -0.39 is 0 Å². The van der Waals surface area contributed by atoms with Crippen LogP contribution in [0.2, 0.25) is 0 Å². The highest BCUT2D eigenvalue weighted by molar-refractivity contribution is 4.64. The van der Waals surface area contributed by atoms with Crippen LogP contribution in [0.4, 0.5) is 0 Å². The smallest absolute Gasteiger partial charge is 0.00387 e. The number of unbranched alkanes of at least 4 members (excludes halogenated alkanes) is 3. The van der Waals surface area contributed by atoms with Crippen LogP contribution in [0.25, 0.3) is 0 Å². The molecule has 0 fully saturated rings. The van der Waals surface area contributed by atoms with Gasteiger partial charge in [0.05, 0.1) is 0 Å². The fourth-order valence-electron chi connectivity index (χ4n) is 2.00. The molecule has 0 saturated carbocycles. The van der Waals surface area contributed by atoms with Gasteiger partial charge >= 0.3 is 0 Å². The second-order valence-corrected chi connectivity index (χ2v) is 5.50. The van der Waals surface area contributed by atoms with Crippen molar-refractivity contribution in [3.8, 4) is 0 Å². The van der Waals surface area contributed by atoms with Crippen LogP contribution >= 0.6 is 0 Å². The second-order valence-electron chi connectivity index (χ2n) is 5.50. The van der Waals surface area contributed by atoms with Gasteiger partial charge in [0.2, 0.25) is 0 Å². The van der Waals surface area contributed by atoms with Gasteiger partial charge in [-0.15, -0.1) is 0 Å². The van der Waals surface area contributed by atoms with Crippen molar-refractivity contribution in [3.63, 3.8) is 0 Å². The Balaban J connectivity index is 3.52. The highest BCUT2D eigenvalue weighted by atomic mass is 15.1. The van der Waals surface area contributed by atoms with E-state index in [9.17, 15) is 0 Å². The quantitative estimate of drug-likeness (QED) is 0.578. The predicted octanol–water partition coefficient (Wildman–Crippen LogP) is 3.13. The Morgan fingerprint density at radius 2 is 1.56 bits per heavy atom. The lowest BCUT2D eigenvalue weighted by Gasteiger charge is -2.28. The fourth-order valence-corrected chi connectivity index (χ4v) is 2.00. The molecule has 0 aromatic rings. The summed E-state index contributed by atoms with van der Waals surface area (Å²) >= 11 is 0. The summed E-state index contributed by atoms with van der Waals surface area (Å²) in [5.41, 5.74) is 0. The zero-order chi connectivity index (χ0) is 12.4. The summed E-state index contributed by atoms with van der Waals surface area (Å²) < 4.78 is 0. The Bertz CT molecular complexity index is 144. The first kappa shape index (κ1) is 15.9. The Kier molecular flexibility index (Phi) is 10.0. The molecular formula is C14H32N2. The molecule has 0 bridgehead atoms. The molecule has 1 N–H and O–H groups in total. The number of hydrogen-bond donors (Lipinski definition) is 1. The normalized spacial score (nSPS) is 12.0. The molecule has 0 heterocycles. The van der Waals surface area contributed by atoms with Gasteiger partial charge in [-0.25, -0.2) is 0 Å². The molecule has 0 radical (unpaired) electrons. The average molecular weight is 228 g/mol. The average Bonchev–Trinajstić information content (AvgIpc) is 2.20. The van der Waals surface area contributed by atoms with Crippen molar-refractivity contribution in [3.05, 3.63) is 0 Å². The lowest BCUT2D eigenvalue weighted by atomic mass is 10.1. The van der Waals surface area contributed by atoms with Crippen molar-refractivity contribution in [2.24, 2.45) is 5.92 Å². The van der Waals surface area contributed by atoms with Crippen molar-refractivity contribution >= 4 is 0 Å². The molecule has 16 heavy (non-hydrogen) atoms. The highest BCUT2D eigenvalue weighted by Crippen LogP contribution is 2.07. The van der Waals surface area contributed by atoms with Gasteiger partial charge in [0, 0.05) is 12.6 Å². The molecule has 0 saturated heterocycles. The van der Waals surface area contributed by atoms with Crippen LogP contribution in [0.15, 0.2) is 0 Å². The lowest BCUT2D eigenvalue weighted by Crippen LogP contribution is -2.34. The van der Waals surface area contributed by atoms with Gasteiger partial charge in [-0.3, -0.25) is 0 Å². The molecule has 0 aromatic carbocycles. The SMILES string of the molecule is CNCCCCCCN(CC(C)C)C(C)C. The summed E-state index contributed by atoms with van der Waals surface area (Å²) in [5, 5.41) is 3.20. The maximum Gasteiger partial charge on any atom is 0.00387 e. The standard InChI is InChI=1S/C14H32N2/c1-13(2)12-16(14(3)4)11-9-7-6-8-10-15-5/h13-15H,6-12H2,1-5H3. The van der Waals surface area contributed by atoms with E-state index in [1.54, 1.807) is 0 Å². The van der Waals surface area contributed by atoms with E-state index in [1.807, 2.05) is 7.05 Å². The third kappa shape index (κ3) is 9.17. The van der Waals surface area contributed by atoms with Crippen molar-refractivity contribution in [2.75, 3.05) is 26.7 Å². The molecule has 0 spiro atoms. The van der Waals surface area contributed by atoms with E-state index in [0.29, 0.717) is 6.04 Å². The predicted molar refractivity (Wildman–Crippen MR) is 73.9 cm³/mol. The van der Waals surface area contributed by atoms with Crippen molar-refractivity contribution in [1.29, 1.82) is 0 Å². The number of hydrogen-bond acceptors (Lipinski definition) is 2. The third-order valence-corrected chi connectivity index (χ3v) is 2.95. The van der Waals surface area contributed by atoms with Gasteiger partial charge in [-0.1, -0.05) is 26.7 Å². The van der Waals surface area contributed by atoms with Crippen LogP contribution in [0, 0.1) is 5.92 Å². The summed E-state index contributed by atoms with van der Waals surface area (Å²) in [6, 6.07) is 0.694.